The van der Waals surface area contributed by atoms with Crippen molar-refractivity contribution < 1.29 is 29.3 Å². The van der Waals surface area contributed by atoms with Gasteiger partial charge in [0.1, 0.15) is 6.61 Å². The van der Waals surface area contributed by atoms with Crippen molar-refractivity contribution in [3.8, 4) is 0 Å². The number of ether oxygens (including phenoxy) is 2. The molecule has 0 aromatic carbocycles. The number of hydrogen-bond donors (Lipinski definition) is 2. The van der Waals surface area contributed by atoms with Crippen molar-refractivity contribution in [3.05, 3.63) is 0 Å². The van der Waals surface area contributed by atoms with Crippen LogP contribution < -0.4 is 0 Å². The Labute approximate surface area is 108 Å². The molecule has 6 heteroatoms. The second kappa shape index (κ2) is 12.3. The molecule has 0 radical (unpaired) electrons. The van der Waals surface area contributed by atoms with Gasteiger partial charge in [0.25, 0.3) is 0 Å². The van der Waals surface area contributed by atoms with Gasteiger partial charge in [-0.25, -0.2) is 0 Å². The molecule has 2 N–H and O–H groups in total. The van der Waals surface area contributed by atoms with Gasteiger partial charge in [-0.1, -0.05) is 6.92 Å². The smallest absolute Gasteiger partial charge is 0.302 e. The van der Waals surface area contributed by atoms with Crippen LogP contribution in [0.15, 0.2) is 0 Å². The van der Waals surface area contributed by atoms with E-state index in [9.17, 15) is 9.59 Å². The van der Waals surface area contributed by atoms with Gasteiger partial charge in [-0.2, -0.15) is 0 Å². The average Bonchev–Trinajstić information content (AvgIpc) is 2.25. The Hall–Kier alpha value is -1.14. The monoisotopic (exact) mass is 264 g/mol. The number of carbonyl (C=O) groups excluding carboxylic acids is 2. The SMILES string of the molecule is CC(=O)OCCC(C)O.CCC(O)COC(C)=O. The number of rotatable bonds is 6. The summed E-state index contributed by atoms with van der Waals surface area (Å²) < 4.78 is 9.06. The van der Waals surface area contributed by atoms with Gasteiger partial charge >= 0.3 is 11.9 Å². The molecule has 0 aliphatic heterocycles. The minimum Gasteiger partial charge on any atom is -0.466 e. The van der Waals surface area contributed by atoms with Crippen LogP contribution in [-0.2, 0) is 19.1 Å². The fourth-order valence-corrected chi connectivity index (χ4v) is 0.705. The van der Waals surface area contributed by atoms with Crippen LogP contribution in [0.1, 0.15) is 40.5 Å². The predicted molar refractivity (Wildman–Crippen MR) is 65.9 cm³/mol. The lowest BCUT2D eigenvalue weighted by molar-refractivity contribution is -0.144. The summed E-state index contributed by atoms with van der Waals surface area (Å²) in [5, 5.41) is 17.5. The van der Waals surface area contributed by atoms with Crippen molar-refractivity contribution in [2.75, 3.05) is 13.2 Å². The molecule has 0 aliphatic rings. The van der Waals surface area contributed by atoms with E-state index in [2.05, 4.69) is 9.47 Å². The highest BCUT2D eigenvalue weighted by Crippen LogP contribution is 1.90. The Kier molecular flexibility index (Phi) is 13.1. The normalized spacial score (nSPS) is 12.8. The maximum atomic E-state index is 10.1. The molecule has 0 fully saturated rings. The molecule has 0 heterocycles. The molecule has 0 saturated heterocycles. The summed E-state index contributed by atoms with van der Waals surface area (Å²) in [6, 6.07) is 0. The molecule has 18 heavy (non-hydrogen) atoms. The Morgan fingerprint density at radius 3 is 1.94 bits per heavy atom. The Morgan fingerprint density at radius 2 is 1.61 bits per heavy atom. The van der Waals surface area contributed by atoms with E-state index in [1.807, 2.05) is 6.92 Å². The lowest BCUT2D eigenvalue weighted by atomic mass is 10.3. The maximum Gasteiger partial charge on any atom is 0.302 e. The highest BCUT2D eigenvalue weighted by atomic mass is 16.5. The quantitative estimate of drug-likeness (QED) is 0.684. The van der Waals surface area contributed by atoms with Crippen LogP contribution >= 0.6 is 0 Å². The van der Waals surface area contributed by atoms with Crippen LogP contribution in [0.3, 0.4) is 0 Å². The van der Waals surface area contributed by atoms with Crippen LogP contribution in [0.4, 0.5) is 0 Å². The van der Waals surface area contributed by atoms with Gasteiger partial charge in [-0.3, -0.25) is 9.59 Å². The van der Waals surface area contributed by atoms with E-state index in [0.717, 1.165) is 0 Å². The molecule has 2 atom stereocenters. The van der Waals surface area contributed by atoms with Crippen LogP contribution in [-0.4, -0.2) is 47.6 Å². The van der Waals surface area contributed by atoms with E-state index in [1.54, 1.807) is 6.92 Å². The molecular formula is C12H24O6. The van der Waals surface area contributed by atoms with Gasteiger partial charge in [0.15, 0.2) is 0 Å². The van der Waals surface area contributed by atoms with E-state index in [-0.39, 0.29) is 24.6 Å². The number of aliphatic hydroxyl groups is 2. The average molecular weight is 264 g/mol. The van der Waals surface area contributed by atoms with E-state index >= 15 is 0 Å². The van der Waals surface area contributed by atoms with Gasteiger partial charge in [0.2, 0.25) is 0 Å². The maximum absolute atomic E-state index is 10.1. The minimum atomic E-state index is -0.506. The van der Waals surface area contributed by atoms with Crippen LogP contribution in [0, 0.1) is 0 Å². The molecule has 0 aromatic heterocycles. The third-order valence-electron chi connectivity index (χ3n) is 1.79. The van der Waals surface area contributed by atoms with Crippen molar-refractivity contribution in [3.63, 3.8) is 0 Å². The van der Waals surface area contributed by atoms with Gasteiger partial charge in [-0.15, -0.1) is 0 Å². The van der Waals surface area contributed by atoms with Crippen LogP contribution in [0.5, 0.6) is 0 Å². The molecule has 0 aliphatic carbocycles. The predicted octanol–water partition coefficient (Wildman–Crippen LogP) is 0.641. The number of hydrogen-bond acceptors (Lipinski definition) is 6. The molecule has 0 aromatic rings. The molecule has 0 amide bonds. The molecule has 2 unspecified atom stereocenters. The first-order valence-electron chi connectivity index (χ1n) is 5.92. The standard InChI is InChI=1S/2C6H12O3/c1-5(7)3-4-9-6(2)8;1-3-6(8)4-9-5(2)7/h5,7H,3-4H2,1-2H3;6,8H,3-4H2,1-2H3. The van der Waals surface area contributed by atoms with Crippen molar-refractivity contribution in [1.29, 1.82) is 0 Å². The summed E-state index contributed by atoms with van der Waals surface area (Å²) in [5.41, 5.74) is 0. The van der Waals surface area contributed by atoms with E-state index in [0.29, 0.717) is 19.4 Å². The first kappa shape index (κ1) is 19.2. The van der Waals surface area contributed by atoms with Gasteiger partial charge in [0, 0.05) is 20.3 Å². The van der Waals surface area contributed by atoms with Gasteiger partial charge in [0.05, 0.1) is 18.8 Å². The molecule has 0 rings (SSSR count). The zero-order chi connectivity index (χ0) is 14.6. The largest absolute Gasteiger partial charge is 0.466 e. The lowest BCUT2D eigenvalue weighted by Crippen LogP contribution is -2.15. The van der Waals surface area contributed by atoms with Crippen molar-refractivity contribution in [2.45, 2.75) is 52.7 Å². The Bertz CT molecular complexity index is 227. The summed E-state index contributed by atoms with van der Waals surface area (Å²) in [5.74, 6) is -0.641. The summed E-state index contributed by atoms with van der Waals surface area (Å²) in [6.45, 7) is 6.58. The summed E-state index contributed by atoms with van der Waals surface area (Å²) in [4.78, 5) is 20.3. The highest BCUT2D eigenvalue weighted by Gasteiger charge is 2.01. The van der Waals surface area contributed by atoms with E-state index in [1.165, 1.54) is 13.8 Å². The minimum absolute atomic E-state index is 0.117. The lowest BCUT2D eigenvalue weighted by Gasteiger charge is -2.05. The van der Waals surface area contributed by atoms with Gasteiger partial charge < -0.3 is 19.7 Å². The molecule has 0 saturated carbocycles. The Morgan fingerprint density at radius 1 is 1.11 bits per heavy atom. The van der Waals surface area contributed by atoms with Gasteiger partial charge in [-0.05, 0) is 13.3 Å². The second-order valence-corrected chi connectivity index (χ2v) is 3.84. The molecule has 6 nitrogen and oxygen atoms in total. The number of carbonyl (C=O) groups is 2. The third-order valence-corrected chi connectivity index (χ3v) is 1.79. The molecule has 0 bridgehead atoms. The summed E-state index contributed by atoms with van der Waals surface area (Å²) >= 11 is 0. The zero-order valence-electron chi connectivity index (χ0n) is 11.5. The molecule has 0 spiro atoms. The fourth-order valence-electron chi connectivity index (χ4n) is 0.705. The third kappa shape index (κ3) is 20.3. The first-order chi connectivity index (χ1) is 8.29. The van der Waals surface area contributed by atoms with Crippen molar-refractivity contribution in [2.24, 2.45) is 0 Å². The molecule has 108 valence electrons. The summed E-state index contributed by atoms with van der Waals surface area (Å²) in [7, 11) is 0. The van der Waals surface area contributed by atoms with Crippen LogP contribution in [0.2, 0.25) is 0 Å². The molecular weight excluding hydrogens is 240 g/mol. The zero-order valence-corrected chi connectivity index (χ0v) is 11.5. The van der Waals surface area contributed by atoms with E-state index < -0.39 is 6.10 Å². The first-order valence-corrected chi connectivity index (χ1v) is 5.92. The Balaban J connectivity index is 0. The number of aliphatic hydroxyl groups excluding tert-OH is 2. The highest BCUT2D eigenvalue weighted by molar-refractivity contribution is 5.66. The topological polar surface area (TPSA) is 93.1 Å². The summed E-state index contributed by atoms with van der Waals surface area (Å²) in [6.07, 6.45) is 0.241. The van der Waals surface area contributed by atoms with E-state index in [4.69, 9.17) is 10.2 Å². The van der Waals surface area contributed by atoms with Crippen molar-refractivity contribution >= 4 is 11.9 Å². The second-order valence-electron chi connectivity index (χ2n) is 3.84. The number of esters is 2. The van der Waals surface area contributed by atoms with Crippen molar-refractivity contribution in [1.82, 2.24) is 0 Å². The fraction of sp³-hybridized carbons (Fsp3) is 0.833. The van der Waals surface area contributed by atoms with Crippen LogP contribution in [0.25, 0.3) is 0 Å².